The first-order chi connectivity index (χ1) is 9.26. The maximum absolute atomic E-state index is 11.2. The summed E-state index contributed by atoms with van der Waals surface area (Å²) in [5.74, 6) is -0.820. The maximum atomic E-state index is 11.2. The first-order valence-electron chi connectivity index (χ1n) is 5.88. The molecule has 1 aromatic rings. The molecule has 2 atom stereocenters. The van der Waals surface area contributed by atoms with Crippen molar-refractivity contribution < 1.29 is 27.2 Å². The van der Waals surface area contributed by atoms with Crippen LogP contribution >= 0.6 is 0 Å². The Bertz CT molecular complexity index is 623. The van der Waals surface area contributed by atoms with E-state index in [4.69, 9.17) is 19.8 Å². The van der Waals surface area contributed by atoms with Crippen LogP contribution in [0.25, 0.3) is 0 Å². The molecule has 1 aromatic carbocycles. The molecule has 0 bridgehead atoms. The molecule has 2 rings (SSSR count). The summed E-state index contributed by atoms with van der Waals surface area (Å²) in [6, 6.07) is 3.98. The second-order valence-electron chi connectivity index (χ2n) is 4.61. The fourth-order valence-corrected chi connectivity index (χ4v) is 2.30. The molecule has 20 heavy (non-hydrogen) atoms. The number of hydrogen-bond donors (Lipinski definition) is 2. The van der Waals surface area contributed by atoms with E-state index < -0.39 is 22.1 Å². The second-order valence-corrected chi connectivity index (χ2v) is 6.19. The lowest BCUT2D eigenvalue weighted by atomic mass is 10.0. The monoisotopic (exact) mass is 301 g/mol. The van der Waals surface area contributed by atoms with Gasteiger partial charge in [0.2, 0.25) is 0 Å². The quantitative estimate of drug-likeness (QED) is 0.582. The minimum atomic E-state index is -3.64. The standard InChI is InChI=1S/C12H15NO6S/c1-20(16,17)19-10-3-2-7(9(13)5-12(14)15)4-8(10)11-6-18-11/h2-4,9,11H,5-6,13H2,1H3,(H,14,15). The number of carboxylic acid groups (broad SMARTS) is 1. The van der Waals surface area contributed by atoms with Crippen LogP contribution in [0.2, 0.25) is 0 Å². The van der Waals surface area contributed by atoms with Gasteiger partial charge in [-0.1, -0.05) is 6.07 Å². The molecule has 0 aromatic heterocycles. The van der Waals surface area contributed by atoms with Gasteiger partial charge in [-0.25, -0.2) is 0 Å². The summed E-state index contributed by atoms with van der Waals surface area (Å²) in [6.07, 6.45) is 0.509. The van der Waals surface area contributed by atoms with Gasteiger partial charge >= 0.3 is 16.1 Å². The molecular formula is C12H15NO6S. The Morgan fingerprint density at radius 1 is 1.60 bits per heavy atom. The topological polar surface area (TPSA) is 119 Å². The predicted octanol–water partition coefficient (Wildman–Crippen LogP) is 0.571. The highest BCUT2D eigenvalue weighted by molar-refractivity contribution is 7.86. The molecule has 8 heteroatoms. The van der Waals surface area contributed by atoms with E-state index in [1.807, 2.05) is 0 Å². The van der Waals surface area contributed by atoms with Gasteiger partial charge in [-0.05, 0) is 17.7 Å². The number of ether oxygens (including phenoxy) is 1. The molecule has 2 unspecified atom stereocenters. The highest BCUT2D eigenvalue weighted by Gasteiger charge is 2.30. The third-order valence-electron chi connectivity index (χ3n) is 2.78. The fraction of sp³-hybridized carbons (Fsp3) is 0.417. The molecule has 0 amide bonds. The number of benzene rings is 1. The number of hydrogen-bond acceptors (Lipinski definition) is 6. The summed E-state index contributed by atoms with van der Waals surface area (Å²) in [5, 5.41) is 8.73. The van der Waals surface area contributed by atoms with Crippen molar-refractivity contribution in [2.24, 2.45) is 5.73 Å². The molecule has 0 spiro atoms. The lowest BCUT2D eigenvalue weighted by Crippen LogP contribution is -2.15. The molecule has 1 saturated heterocycles. The minimum Gasteiger partial charge on any atom is -0.481 e. The summed E-state index contributed by atoms with van der Waals surface area (Å²) in [7, 11) is -3.64. The van der Waals surface area contributed by atoms with Crippen LogP contribution in [0.5, 0.6) is 5.75 Å². The van der Waals surface area contributed by atoms with E-state index >= 15 is 0 Å². The van der Waals surface area contributed by atoms with Crippen LogP contribution in [0.15, 0.2) is 18.2 Å². The largest absolute Gasteiger partial charge is 0.481 e. The van der Waals surface area contributed by atoms with Crippen LogP contribution in [0, 0.1) is 0 Å². The minimum absolute atomic E-state index is 0.182. The van der Waals surface area contributed by atoms with E-state index in [0.717, 1.165) is 6.26 Å². The van der Waals surface area contributed by atoms with Crippen LogP contribution in [0.3, 0.4) is 0 Å². The molecule has 1 fully saturated rings. The second kappa shape index (κ2) is 5.39. The Morgan fingerprint density at radius 2 is 2.25 bits per heavy atom. The Morgan fingerprint density at radius 3 is 2.75 bits per heavy atom. The first-order valence-corrected chi connectivity index (χ1v) is 7.70. The van der Waals surface area contributed by atoms with E-state index in [-0.39, 0.29) is 18.3 Å². The van der Waals surface area contributed by atoms with Crippen LogP contribution in [0.4, 0.5) is 0 Å². The average Bonchev–Trinajstić information content (AvgIpc) is 3.10. The Labute approximate surface area is 116 Å². The molecule has 0 saturated carbocycles. The van der Waals surface area contributed by atoms with Crippen molar-refractivity contribution >= 4 is 16.1 Å². The van der Waals surface area contributed by atoms with Gasteiger partial charge in [0, 0.05) is 11.6 Å². The van der Waals surface area contributed by atoms with Crippen LogP contribution in [-0.2, 0) is 19.6 Å². The van der Waals surface area contributed by atoms with E-state index in [0.29, 0.717) is 17.7 Å². The lowest BCUT2D eigenvalue weighted by molar-refractivity contribution is -0.137. The molecule has 0 aliphatic carbocycles. The fourth-order valence-electron chi connectivity index (χ4n) is 1.82. The molecule has 110 valence electrons. The summed E-state index contributed by atoms with van der Waals surface area (Å²) < 4.78 is 32.4. The van der Waals surface area contributed by atoms with Crippen molar-refractivity contribution in [3.05, 3.63) is 29.3 Å². The van der Waals surface area contributed by atoms with Gasteiger partial charge in [0.15, 0.2) is 0 Å². The van der Waals surface area contributed by atoms with Crippen LogP contribution in [-0.4, -0.2) is 32.4 Å². The summed E-state index contributed by atoms with van der Waals surface area (Å²) in [6.45, 7) is 0.470. The van der Waals surface area contributed by atoms with Crippen molar-refractivity contribution in [2.45, 2.75) is 18.6 Å². The van der Waals surface area contributed by atoms with E-state index in [1.54, 1.807) is 12.1 Å². The third kappa shape index (κ3) is 3.92. The van der Waals surface area contributed by atoms with Crippen molar-refractivity contribution in [1.29, 1.82) is 0 Å². The molecule has 1 heterocycles. The van der Waals surface area contributed by atoms with Gasteiger partial charge in [0.25, 0.3) is 0 Å². The Hall–Kier alpha value is -1.64. The van der Waals surface area contributed by atoms with Crippen molar-refractivity contribution in [3.63, 3.8) is 0 Å². The highest BCUT2D eigenvalue weighted by atomic mass is 32.2. The molecule has 1 aliphatic heterocycles. The number of carbonyl (C=O) groups is 1. The number of carboxylic acids is 1. The highest BCUT2D eigenvalue weighted by Crippen LogP contribution is 2.38. The number of aliphatic carboxylic acids is 1. The SMILES string of the molecule is CS(=O)(=O)Oc1ccc(C(N)CC(=O)O)cc1C1CO1. The molecule has 1 aliphatic rings. The van der Waals surface area contributed by atoms with Crippen molar-refractivity contribution in [2.75, 3.05) is 12.9 Å². The number of nitrogens with two attached hydrogens (primary N) is 1. The van der Waals surface area contributed by atoms with Gasteiger partial charge < -0.3 is 19.8 Å². The first kappa shape index (κ1) is 14.8. The van der Waals surface area contributed by atoms with Gasteiger partial charge in [-0.3, -0.25) is 4.79 Å². The Balaban J connectivity index is 2.30. The van der Waals surface area contributed by atoms with Gasteiger partial charge in [-0.2, -0.15) is 8.42 Å². The van der Waals surface area contributed by atoms with Gasteiger partial charge in [-0.15, -0.1) is 0 Å². The predicted molar refractivity (Wildman–Crippen MR) is 69.8 cm³/mol. The van der Waals surface area contributed by atoms with Gasteiger partial charge in [0.1, 0.15) is 11.9 Å². The lowest BCUT2D eigenvalue weighted by Gasteiger charge is -2.13. The zero-order valence-corrected chi connectivity index (χ0v) is 11.6. The summed E-state index contributed by atoms with van der Waals surface area (Å²) in [5.41, 5.74) is 6.94. The third-order valence-corrected chi connectivity index (χ3v) is 3.26. The molecule has 3 N–H and O–H groups in total. The van der Waals surface area contributed by atoms with E-state index in [9.17, 15) is 13.2 Å². The molecule has 7 nitrogen and oxygen atoms in total. The molecule has 0 radical (unpaired) electrons. The average molecular weight is 301 g/mol. The maximum Gasteiger partial charge on any atom is 0.306 e. The zero-order chi connectivity index (χ0) is 14.9. The smallest absolute Gasteiger partial charge is 0.306 e. The normalized spacial score (nSPS) is 19.4. The van der Waals surface area contributed by atoms with Crippen LogP contribution in [0.1, 0.15) is 29.7 Å². The van der Waals surface area contributed by atoms with Gasteiger partial charge in [0.05, 0.1) is 19.3 Å². The van der Waals surface area contributed by atoms with Crippen molar-refractivity contribution in [1.82, 2.24) is 0 Å². The Kier molecular flexibility index (Phi) is 3.98. The van der Waals surface area contributed by atoms with Crippen LogP contribution < -0.4 is 9.92 Å². The van der Waals surface area contributed by atoms with Crippen molar-refractivity contribution in [3.8, 4) is 5.75 Å². The zero-order valence-electron chi connectivity index (χ0n) is 10.8. The van der Waals surface area contributed by atoms with E-state index in [2.05, 4.69) is 0 Å². The summed E-state index contributed by atoms with van der Waals surface area (Å²) in [4.78, 5) is 10.7. The molecular weight excluding hydrogens is 286 g/mol. The summed E-state index contributed by atoms with van der Waals surface area (Å²) >= 11 is 0. The number of rotatable bonds is 6. The number of epoxide rings is 1. The van der Waals surface area contributed by atoms with E-state index in [1.165, 1.54) is 6.07 Å².